The predicted molar refractivity (Wildman–Crippen MR) is 111 cm³/mol. The molecule has 1 heterocycles. The van der Waals surface area contributed by atoms with Crippen molar-refractivity contribution in [2.75, 3.05) is 6.61 Å². The molecule has 4 rings (SSSR count). The van der Waals surface area contributed by atoms with Crippen LogP contribution in [-0.2, 0) is 16.1 Å². The Balaban J connectivity index is 1.59. The van der Waals surface area contributed by atoms with E-state index in [9.17, 15) is 18.4 Å². The monoisotopic (exact) mass is 428 g/mol. The third kappa shape index (κ3) is 4.32. The van der Waals surface area contributed by atoms with E-state index in [1.807, 2.05) is 0 Å². The molecule has 1 atom stereocenters. The van der Waals surface area contributed by atoms with Crippen molar-refractivity contribution in [3.05, 3.63) is 71.3 Å². The molecule has 1 aliphatic heterocycles. The molecule has 2 aliphatic rings. The second-order valence-electron chi connectivity index (χ2n) is 8.46. The Morgan fingerprint density at radius 1 is 1.13 bits per heavy atom. The van der Waals surface area contributed by atoms with Crippen LogP contribution in [0.4, 0.5) is 8.78 Å². The molecule has 0 radical (unpaired) electrons. The fourth-order valence-corrected chi connectivity index (χ4v) is 4.50. The highest BCUT2D eigenvalue weighted by Gasteiger charge is 2.53. The van der Waals surface area contributed by atoms with Crippen LogP contribution in [0.2, 0.25) is 0 Å². The molecule has 1 N–H and O–H groups in total. The van der Waals surface area contributed by atoms with Gasteiger partial charge in [-0.25, -0.2) is 8.78 Å². The summed E-state index contributed by atoms with van der Waals surface area (Å²) in [7, 11) is 0. The summed E-state index contributed by atoms with van der Waals surface area (Å²) in [6.45, 7) is 2.32. The topological polar surface area (TPSA) is 58.6 Å². The van der Waals surface area contributed by atoms with Crippen molar-refractivity contribution in [1.29, 1.82) is 0 Å². The summed E-state index contributed by atoms with van der Waals surface area (Å²) >= 11 is 0. The van der Waals surface area contributed by atoms with Crippen LogP contribution in [0.25, 0.3) is 0 Å². The first-order valence-corrected chi connectivity index (χ1v) is 10.6. The lowest BCUT2D eigenvalue weighted by molar-refractivity contribution is -0.128. The molecule has 2 aromatic carbocycles. The molecular formula is C24H26F2N2O3. The maximum Gasteiger partial charge on any atom is 0.259 e. The molecule has 7 heteroatoms. The predicted octanol–water partition coefficient (Wildman–Crippen LogP) is 4.03. The Hall–Kier alpha value is -2.80. The lowest BCUT2D eigenvalue weighted by Gasteiger charge is -2.43. The van der Waals surface area contributed by atoms with Gasteiger partial charge in [0, 0.05) is 6.54 Å². The Labute approximate surface area is 180 Å². The number of ether oxygens (including phenoxy) is 1. The van der Waals surface area contributed by atoms with Gasteiger partial charge >= 0.3 is 0 Å². The van der Waals surface area contributed by atoms with Crippen molar-refractivity contribution < 1.29 is 23.1 Å². The molecule has 1 unspecified atom stereocenters. The van der Waals surface area contributed by atoms with Crippen LogP contribution in [0.1, 0.15) is 48.5 Å². The molecule has 1 spiro atoms. The number of benzene rings is 2. The van der Waals surface area contributed by atoms with Crippen LogP contribution in [0, 0.1) is 17.6 Å². The molecule has 164 valence electrons. The number of amides is 2. The maximum atomic E-state index is 14.4. The van der Waals surface area contributed by atoms with Gasteiger partial charge in [-0.05, 0) is 61.4 Å². The van der Waals surface area contributed by atoms with Gasteiger partial charge in [0.15, 0.2) is 0 Å². The van der Waals surface area contributed by atoms with E-state index in [0.717, 1.165) is 12.8 Å². The van der Waals surface area contributed by atoms with E-state index in [0.29, 0.717) is 24.3 Å². The van der Waals surface area contributed by atoms with Crippen molar-refractivity contribution in [1.82, 2.24) is 10.2 Å². The minimum atomic E-state index is -0.910. The highest BCUT2D eigenvalue weighted by atomic mass is 19.1. The zero-order valence-corrected chi connectivity index (χ0v) is 17.4. The third-order valence-electron chi connectivity index (χ3n) is 6.30. The summed E-state index contributed by atoms with van der Waals surface area (Å²) in [5, 5.41) is 2.78. The number of carbonyl (C=O) groups is 2. The first-order chi connectivity index (χ1) is 14.9. The quantitative estimate of drug-likeness (QED) is 0.800. The van der Waals surface area contributed by atoms with E-state index < -0.39 is 29.4 Å². The van der Waals surface area contributed by atoms with Gasteiger partial charge in [-0.2, -0.15) is 0 Å². The van der Waals surface area contributed by atoms with E-state index in [1.54, 1.807) is 18.2 Å². The number of hydrogen-bond acceptors (Lipinski definition) is 3. The highest BCUT2D eigenvalue weighted by Crippen LogP contribution is 2.43. The number of carbonyl (C=O) groups excluding carboxylic acids is 2. The molecule has 0 bridgehead atoms. The second kappa shape index (κ2) is 8.75. The standard InChI is InChI=1S/C24H26F2N2O3/c1-16-9-11-24(12-10-16)28(23(30)19-7-2-3-8-20(19)26)21(15-31-24)22(29)27-14-17-5-4-6-18(25)13-17/h2-8,13,16,21H,9-12,14-15H2,1H3,(H,27,29). The van der Waals surface area contributed by atoms with Crippen molar-refractivity contribution in [3.63, 3.8) is 0 Å². The van der Waals surface area contributed by atoms with Crippen LogP contribution in [0.15, 0.2) is 48.5 Å². The van der Waals surface area contributed by atoms with Crippen LogP contribution in [0.3, 0.4) is 0 Å². The smallest absolute Gasteiger partial charge is 0.259 e. The fourth-order valence-electron chi connectivity index (χ4n) is 4.50. The first-order valence-electron chi connectivity index (χ1n) is 10.6. The largest absolute Gasteiger partial charge is 0.353 e. The molecule has 31 heavy (non-hydrogen) atoms. The minimum absolute atomic E-state index is 0.0452. The molecule has 0 aromatic heterocycles. The molecule has 2 amide bonds. The molecule has 5 nitrogen and oxygen atoms in total. The van der Waals surface area contributed by atoms with Crippen molar-refractivity contribution in [2.45, 2.75) is 50.9 Å². The van der Waals surface area contributed by atoms with E-state index in [-0.39, 0.29) is 24.5 Å². The Bertz CT molecular complexity index is 973. The van der Waals surface area contributed by atoms with Crippen LogP contribution in [-0.4, -0.2) is 35.1 Å². The fraction of sp³-hybridized carbons (Fsp3) is 0.417. The van der Waals surface area contributed by atoms with Gasteiger partial charge in [-0.15, -0.1) is 0 Å². The average Bonchev–Trinajstić information content (AvgIpc) is 3.13. The summed E-state index contributed by atoms with van der Waals surface area (Å²) in [6.07, 6.45) is 2.92. The number of nitrogens with one attached hydrogen (secondary N) is 1. The van der Waals surface area contributed by atoms with Gasteiger partial charge in [0.2, 0.25) is 5.91 Å². The van der Waals surface area contributed by atoms with E-state index in [1.165, 1.54) is 35.2 Å². The number of rotatable bonds is 4. The van der Waals surface area contributed by atoms with Crippen LogP contribution >= 0.6 is 0 Å². The number of nitrogens with zero attached hydrogens (tertiary/aromatic N) is 1. The van der Waals surface area contributed by atoms with Gasteiger partial charge in [-0.1, -0.05) is 31.2 Å². The van der Waals surface area contributed by atoms with Crippen molar-refractivity contribution >= 4 is 11.8 Å². The Kier molecular flexibility index (Phi) is 6.05. The van der Waals surface area contributed by atoms with Gasteiger partial charge in [0.1, 0.15) is 23.4 Å². The van der Waals surface area contributed by atoms with Gasteiger partial charge in [0.05, 0.1) is 12.2 Å². The molecule has 1 aliphatic carbocycles. The molecule has 2 fully saturated rings. The van der Waals surface area contributed by atoms with Crippen LogP contribution < -0.4 is 5.32 Å². The third-order valence-corrected chi connectivity index (χ3v) is 6.30. The van der Waals surface area contributed by atoms with Gasteiger partial charge < -0.3 is 10.1 Å². The summed E-state index contributed by atoms with van der Waals surface area (Å²) < 4.78 is 33.9. The van der Waals surface area contributed by atoms with Crippen molar-refractivity contribution in [2.24, 2.45) is 5.92 Å². The molecule has 1 saturated carbocycles. The molecular weight excluding hydrogens is 402 g/mol. The Morgan fingerprint density at radius 3 is 2.58 bits per heavy atom. The normalized spacial score (nSPS) is 25.6. The first kappa shape index (κ1) is 21.4. The summed E-state index contributed by atoms with van der Waals surface area (Å²) in [5.41, 5.74) is -0.374. The second-order valence-corrected chi connectivity index (χ2v) is 8.46. The maximum absolute atomic E-state index is 14.4. The lowest BCUT2D eigenvalue weighted by Crippen LogP contribution is -2.56. The van der Waals surface area contributed by atoms with Crippen LogP contribution in [0.5, 0.6) is 0 Å². The summed E-state index contributed by atoms with van der Waals surface area (Å²) in [5.74, 6) is -1.46. The molecule has 1 saturated heterocycles. The average molecular weight is 428 g/mol. The van der Waals surface area contributed by atoms with E-state index in [2.05, 4.69) is 12.2 Å². The zero-order chi connectivity index (χ0) is 22.0. The summed E-state index contributed by atoms with van der Waals surface area (Å²) in [4.78, 5) is 27.9. The van der Waals surface area contributed by atoms with Gasteiger partial charge in [0.25, 0.3) is 5.91 Å². The minimum Gasteiger partial charge on any atom is -0.353 e. The van der Waals surface area contributed by atoms with E-state index in [4.69, 9.17) is 4.74 Å². The zero-order valence-electron chi connectivity index (χ0n) is 17.4. The van der Waals surface area contributed by atoms with Crippen molar-refractivity contribution in [3.8, 4) is 0 Å². The molecule has 2 aromatic rings. The van der Waals surface area contributed by atoms with E-state index >= 15 is 0 Å². The number of halogens is 2. The van der Waals surface area contributed by atoms with Gasteiger partial charge in [-0.3, -0.25) is 14.5 Å². The lowest BCUT2D eigenvalue weighted by atomic mass is 9.83. The SMILES string of the molecule is CC1CCC2(CC1)OCC(C(=O)NCc1cccc(F)c1)N2C(=O)c1ccccc1F. The highest BCUT2D eigenvalue weighted by molar-refractivity contribution is 5.98. The number of hydrogen-bond donors (Lipinski definition) is 1. The summed E-state index contributed by atoms with van der Waals surface area (Å²) in [6, 6.07) is 10.9. The Morgan fingerprint density at radius 2 is 1.87 bits per heavy atom.